The smallest absolute Gasteiger partial charge is 0.333 e. The lowest BCUT2D eigenvalue weighted by atomic mass is 9.42. The van der Waals surface area contributed by atoms with E-state index in [1.165, 1.54) is 87.7 Å². The Morgan fingerprint density at radius 3 is 1.56 bits per heavy atom. The number of hydrogen-bond donors (Lipinski definition) is 0. The number of benzene rings is 11. The van der Waals surface area contributed by atoms with E-state index in [0.717, 1.165) is 72.3 Å². The molecule has 11 aromatic carbocycles. The Labute approximate surface area is 430 Å². The zero-order valence-electron chi connectivity index (χ0n) is 40.6. The molecule has 0 fully saturated rings. The first-order valence-electron chi connectivity index (χ1n) is 26.0. The van der Waals surface area contributed by atoms with Gasteiger partial charge in [0.2, 0.25) is 0 Å². The molecule has 75 heavy (non-hydrogen) atoms. The van der Waals surface area contributed by atoms with E-state index in [4.69, 9.17) is 8.83 Å². The van der Waals surface area contributed by atoms with Gasteiger partial charge in [0.1, 0.15) is 22.3 Å². The van der Waals surface area contributed by atoms with Gasteiger partial charge in [-0.05, 0) is 82.1 Å². The van der Waals surface area contributed by atoms with Crippen molar-refractivity contribution >= 4 is 151 Å². The molecule has 0 bridgehead atoms. The van der Waals surface area contributed by atoms with Crippen molar-refractivity contribution in [3.8, 4) is 22.3 Å². The minimum absolute atomic E-state index is 0.191. The molecule has 0 saturated carbocycles. The van der Waals surface area contributed by atoms with Gasteiger partial charge in [-0.2, -0.15) is 0 Å². The number of aromatic nitrogens is 2. The second-order valence-corrected chi connectivity index (χ2v) is 20.7. The zero-order chi connectivity index (χ0) is 48.8. The summed E-state index contributed by atoms with van der Waals surface area (Å²) in [4.78, 5) is 4.87. The molecule has 7 heterocycles. The van der Waals surface area contributed by atoms with E-state index in [9.17, 15) is 0 Å². The van der Waals surface area contributed by atoms with Gasteiger partial charge in [-0.15, -0.1) is 0 Å². The number of para-hydroxylation sites is 8. The standard InChI is InChI=1S/C67H40B2N4O2/c1-70(40-18-4-2-5-19-40)54-37-58-60(46-24-10-14-32-56(46)74-58)62-48-28-16-26-44-42-22-8-12-30-51(42)72(66(44)48)68(64(54)62)39-34-35-53-50(36-39)69-65-55(71(53)41-20-6-3-7-21-41)38-59-61(47-25-11-15-33-57(47)75-59)63(65)49-29-17-27-45-43-23-9-13-31-52(43)73(69)67(45)49/h2-38H,1H3. The molecule has 0 saturated heterocycles. The molecule has 8 heteroatoms. The maximum absolute atomic E-state index is 6.92. The summed E-state index contributed by atoms with van der Waals surface area (Å²) in [5, 5.41) is 9.56. The number of nitrogens with zero attached hydrogens (tertiary/aromatic N) is 4. The van der Waals surface area contributed by atoms with E-state index in [-0.39, 0.29) is 13.7 Å². The fourth-order valence-corrected chi connectivity index (χ4v) is 14.2. The second kappa shape index (κ2) is 14.3. The molecule has 6 nitrogen and oxygen atoms in total. The minimum Gasteiger partial charge on any atom is -0.456 e. The molecule has 0 N–H and O–H groups in total. The van der Waals surface area contributed by atoms with Crippen molar-refractivity contribution in [2.75, 3.05) is 16.8 Å². The van der Waals surface area contributed by atoms with Gasteiger partial charge in [-0.1, -0.05) is 163 Å². The molecule has 346 valence electrons. The van der Waals surface area contributed by atoms with Crippen LogP contribution in [-0.2, 0) is 0 Å². The van der Waals surface area contributed by atoms with Crippen LogP contribution in [0.25, 0.3) is 110 Å². The van der Waals surface area contributed by atoms with Crippen LogP contribution in [0.2, 0.25) is 0 Å². The van der Waals surface area contributed by atoms with Crippen molar-refractivity contribution in [3.63, 3.8) is 0 Å². The number of furan rings is 2. The molecule has 18 rings (SSSR count). The van der Waals surface area contributed by atoms with Gasteiger partial charge >= 0.3 is 13.7 Å². The van der Waals surface area contributed by atoms with Crippen LogP contribution in [0.4, 0.5) is 28.4 Å². The van der Waals surface area contributed by atoms with Crippen LogP contribution < -0.4 is 31.7 Å². The highest BCUT2D eigenvalue weighted by molar-refractivity contribution is 6.92. The van der Waals surface area contributed by atoms with Gasteiger partial charge in [0.15, 0.2) is 0 Å². The fraction of sp³-hybridized carbons (Fsp3) is 0.0149. The predicted octanol–water partition coefficient (Wildman–Crippen LogP) is 14.5. The van der Waals surface area contributed by atoms with E-state index >= 15 is 0 Å². The number of hydrogen-bond acceptors (Lipinski definition) is 4. The van der Waals surface area contributed by atoms with Gasteiger partial charge in [-0.3, -0.25) is 0 Å². The molecule has 0 amide bonds. The third-order valence-corrected chi connectivity index (χ3v) is 17.1. The summed E-state index contributed by atoms with van der Waals surface area (Å²) in [7, 11) is 2.21. The van der Waals surface area contributed by atoms with Crippen molar-refractivity contribution in [2.24, 2.45) is 0 Å². The summed E-state index contributed by atoms with van der Waals surface area (Å²) in [5.41, 5.74) is 23.9. The summed E-state index contributed by atoms with van der Waals surface area (Å²) < 4.78 is 19.2. The highest BCUT2D eigenvalue weighted by Gasteiger charge is 2.46. The average Bonchev–Trinajstić information content (AvgIpc) is 4.34. The van der Waals surface area contributed by atoms with Crippen LogP contribution in [0, 0.1) is 0 Å². The van der Waals surface area contributed by atoms with Gasteiger partial charge in [0.25, 0.3) is 0 Å². The molecule has 0 radical (unpaired) electrons. The maximum atomic E-state index is 6.92. The second-order valence-electron chi connectivity index (χ2n) is 20.7. The van der Waals surface area contributed by atoms with Gasteiger partial charge in [0.05, 0.1) is 0 Å². The normalized spacial score (nSPS) is 13.3. The topological polar surface area (TPSA) is 42.6 Å². The number of fused-ring (bicyclic) bond motifs is 20. The number of rotatable bonds is 4. The third-order valence-electron chi connectivity index (χ3n) is 17.1. The minimum atomic E-state index is -0.259. The summed E-state index contributed by atoms with van der Waals surface area (Å²) in [6, 6.07) is 82.7. The largest absolute Gasteiger partial charge is 0.456 e. The van der Waals surface area contributed by atoms with E-state index in [2.05, 4.69) is 250 Å². The van der Waals surface area contributed by atoms with E-state index < -0.39 is 0 Å². The first kappa shape index (κ1) is 39.9. The van der Waals surface area contributed by atoms with Crippen molar-refractivity contribution in [3.05, 3.63) is 224 Å². The van der Waals surface area contributed by atoms with E-state index in [1.807, 2.05) is 0 Å². The van der Waals surface area contributed by atoms with E-state index in [0.29, 0.717) is 0 Å². The molecule has 0 unspecified atom stereocenters. The molecule has 15 aromatic rings. The van der Waals surface area contributed by atoms with Gasteiger partial charge < -0.3 is 27.6 Å². The van der Waals surface area contributed by atoms with Crippen LogP contribution >= 0.6 is 0 Å². The summed E-state index contributed by atoms with van der Waals surface area (Å²) in [6.07, 6.45) is 0. The SMILES string of the molecule is CN(c1ccccc1)c1cc2oc3ccccc3c2c2c1B(c1ccc3c(c1)B1c4c(cc5oc6ccccc6c5c4-c4cccc5c6ccccc6n1c45)N3c1ccccc1)n1c3ccccc3c3cccc-2c31. The highest BCUT2D eigenvalue weighted by Crippen LogP contribution is 2.51. The zero-order valence-corrected chi connectivity index (χ0v) is 40.6. The molecule has 0 spiro atoms. The molecule has 3 aliphatic heterocycles. The maximum Gasteiger partial charge on any atom is 0.333 e. The molecular weight excluding hydrogens is 914 g/mol. The first-order chi connectivity index (χ1) is 37.2. The van der Waals surface area contributed by atoms with Crippen LogP contribution in [0.5, 0.6) is 0 Å². The monoisotopic (exact) mass is 954 g/mol. The lowest BCUT2D eigenvalue weighted by Crippen LogP contribution is -2.59. The number of anilines is 5. The highest BCUT2D eigenvalue weighted by atomic mass is 16.3. The van der Waals surface area contributed by atoms with Crippen LogP contribution in [-0.4, -0.2) is 29.7 Å². The molecule has 0 atom stereocenters. The summed E-state index contributed by atoms with van der Waals surface area (Å²) in [6.45, 7) is -0.450. The summed E-state index contributed by atoms with van der Waals surface area (Å²) in [5.74, 6) is 0. The Morgan fingerprint density at radius 2 is 0.920 bits per heavy atom. The lowest BCUT2D eigenvalue weighted by molar-refractivity contribution is 0.668. The molecule has 0 aliphatic carbocycles. The predicted molar refractivity (Wildman–Crippen MR) is 314 cm³/mol. The summed E-state index contributed by atoms with van der Waals surface area (Å²) >= 11 is 0. The molecule has 4 aromatic heterocycles. The van der Waals surface area contributed by atoms with Gasteiger partial charge in [-0.25, -0.2) is 0 Å². The van der Waals surface area contributed by atoms with Crippen molar-refractivity contribution in [1.29, 1.82) is 0 Å². The Morgan fingerprint density at radius 1 is 0.400 bits per heavy atom. The Hall–Kier alpha value is -9.65. The van der Waals surface area contributed by atoms with Gasteiger partial charge in [0, 0.05) is 124 Å². The third kappa shape index (κ3) is 5.01. The van der Waals surface area contributed by atoms with Crippen molar-refractivity contribution in [1.82, 2.24) is 8.96 Å². The molecule has 3 aliphatic rings. The van der Waals surface area contributed by atoms with E-state index in [1.54, 1.807) is 0 Å². The van der Waals surface area contributed by atoms with Crippen LogP contribution in [0.1, 0.15) is 0 Å². The lowest BCUT2D eigenvalue weighted by Gasteiger charge is -2.41. The van der Waals surface area contributed by atoms with Crippen molar-refractivity contribution < 1.29 is 8.83 Å². The fourth-order valence-electron chi connectivity index (χ4n) is 14.2. The van der Waals surface area contributed by atoms with Crippen LogP contribution in [0.3, 0.4) is 0 Å². The van der Waals surface area contributed by atoms with Crippen LogP contribution in [0.15, 0.2) is 233 Å². The first-order valence-corrected chi connectivity index (χ1v) is 26.0. The Bertz CT molecular complexity index is 5010. The Kier molecular flexibility index (Phi) is 7.61. The Balaban J connectivity index is 1.02. The quantitative estimate of drug-likeness (QED) is 0.165. The average molecular weight is 955 g/mol. The molecular formula is C67H40B2N4O2. The van der Waals surface area contributed by atoms with Crippen molar-refractivity contribution in [2.45, 2.75) is 0 Å².